The lowest BCUT2D eigenvalue weighted by Gasteiger charge is -2.35. The molecule has 0 spiro atoms. The molecule has 1 saturated carbocycles. The van der Waals surface area contributed by atoms with Gasteiger partial charge in [0, 0.05) is 12.6 Å². The Morgan fingerprint density at radius 3 is 2.76 bits per heavy atom. The van der Waals surface area contributed by atoms with Crippen LogP contribution >= 0.6 is 11.8 Å². The average molecular weight is 256 g/mol. The Bertz CT molecular complexity index is 216. The predicted molar refractivity (Wildman–Crippen MR) is 77.5 cm³/mol. The van der Waals surface area contributed by atoms with E-state index in [1.807, 2.05) is 0 Å². The molecule has 0 amide bonds. The van der Waals surface area contributed by atoms with Crippen molar-refractivity contribution in [3.05, 3.63) is 0 Å². The first-order valence-electron chi connectivity index (χ1n) is 7.37. The van der Waals surface area contributed by atoms with Crippen molar-refractivity contribution in [2.45, 2.75) is 45.1 Å². The fourth-order valence-electron chi connectivity index (χ4n) is 3.55. The maximum atomic E-state index is 5.92. The lowest BCUT2D eigenvalue weighted by atomic mass is 9.99. The molecule has 0 aromatic rings. The molecule has 0 radical (unpaired) electrons. The van der Waals surface area contributed by atoms with Crippen molar-refractivity contribution in [1.29, 1.82) is 0 Å². The summed E-state index contributed by atoms with van der Waals surface area (Å²) in [7, 11) is 0. The Kier molecular flexibility index (Phi) is 5.64. The molecule has 2 rings (SSSR count). The van der Waals surface area contributed by atoms with Crippen molar-refractivity contribution >= 4 is 11.8 Å². The SMILES string of the molecule is CCN(CC1CCCSC1)C1CCCC1CN. The van der Waals surface area contributed by atoms with Gasteiger partial charge in [-0.2, -0.15) is 11.8 Å². The number of nitrogens with zero attached hydrogens (tertiary/aromatic N) is 1. The van der Waals surface area contributed by atoms with Crippen molar-refractivity contribution in [2.24, 2.45) is 17.6 Å². The standard InChI is InChI=1S/C14H28N2S/c1-2-16(10-12-5-4-8-17-11-12)14-7-3-6-13(14)9-15/h12-14H,2-11,15H2,1H3. The van der Waals surface area contributed by atoms with Gasteiger partial charge >= 0.3 is 0 Å². The van der Waals surface area contributed by atoms with E-state index in [1.54, 1.807) is 0 Å². The number of hydrogen-bond donors (Lipinski definition) is 1. The summed E-state index contributed by atoms with van der Waals surface area (Å²) in [6.45, 7) is 5.75. The summed E-state index contributed by atoms with van der Waals surface area (Å²) in [5.74, 6) is 4.48. The van der Waals surface area contributed by atoms with E-state index in [2.05, 4.69) is 23.6 Å². The van der Waals surface area contributed by atoms with Crippen molar-refractivity contribution in [1.82, 2.24) is 4.90 Å². The molecular weight excluding hydrogens is 228 g/mol. The summed E-state index contributed by atoms with van der Waals surface area (Å²) in [5.41, 5.74) is 5.92. The second-order valence-electron chi connectivity index (χ2n) is 5.66. The van der Waals surface area contributed by atoms with Crippen LogP contribution in [0, 0.1) is 11.8 Å². The summed E-state index contributed by atoms with van der Waals surface area (Å²) in [4.78, 5) is 2.74. The average Bonchev–Trinajstić information content (AvgIpc) is 2.85. The smallest absolute Gasteiger partial charge is 0.0136 e. The zero-order valence-corrected chi connectivity index (χ0v) is 12.1. The highest BCUT2D eigenvalue weighted by molar-refractivity contribution is 7.99. The lowest BCUT2D eigenvalue weighted by molar-refractivity contribution is 0.146. The van der Waals surface area contributed by atoms with Gasteiger partial charge in [-0.15, -0.1) is 0 Å². The highest BCUT2D eigenvalue weighted by Crippen LogP contribution is 2.31. The molecule has 0 aromatic carbocycles. The van der Waals surface area contributed by atoms with E-state index in [9.17, 15) is 0 Å². The third kappa shape index (κ3) is 3.62. The second-order valence-corrected chi connectivity index (χ2v) is 6.81. The van der Waals surface area contributed by atoms with E-state index >= 15 is 0 Å². The fraction of sp³-hybridized carbons (Fsp3) is 1.00. The molecule has 2 aliphatic rings. The van der Waals surface area contributed by atoms with Crippen molar-refractivity contribution in [3.63, 3.8) is 0 Å². The first-order valence-corrected chi connectivity index (χ1v) is 8.52. The van der Waals surface area contributed by atoms with E-state index < -0.39 is 0 Å². The molecule has 3 atom stereocenters. The van der Waals surface area contributed by atoms with Crippen LogP contribution in [0.25, 0.3) is 0 Å². The first-order chi connectivity index (χ1) is 8.35. The first kappa shape index (κ1) is 13.7. The van der Waals surface area contributed by atoms with Gasteiger partial charge in [0.05, 0.1) is 0 Å². The summed E-state index contributed by atoms with van der Waals surface area (Å²) in [6.07, 6.45) is 7.01. The van der Waals surface area contributed by atoms with Crippen LogP contribution in [0.2, 0.25) is 0 Å². The minimum atomic E-state index is 0.770. The molecule has 1 aliphatic carbocycles. The second kappa shape index (κ2) is 7.01. The van der Waals surface area contributed by atoms with Crippen LogP contribution in [0.4, 0.5) is 0 Å². The zero-order chi connectivity index (χ0) is 12.1. The van der Waals surface area contributed by atoms with Crippen LogP contribution in [-0.4, -0.2) is 42.1 Å². The van der Waals surface area contributed by atoms with Gasteiger partial charge in [-0.25, -0.2) is 0 Å². The number of rotatable bonds is 5. The molecule has 0 bridgehead atoms. The number of thioether (sulfide) groups is 1. The molecular formula is C14H28N2S. The fourth-order valence-corrected chi connectivity index (χ4v) is 4.70. The summed E-state index contributed by atoms with van der Waals surface area (Å²) in [5, 5.41) is 0. The van der Waals surface area contributed by atoms with E-state index in [0.717, 1.165) is 24.4 Å². The molecule has 1 saturated heterocycles. The van der Waals surface area contributed by atoms with Gasteiger partial charge in [0.1, 0.15) is 0 Å². The third-order valence-electron chi connectivity index (χ3n) is 4.54. The Labute approximate surface area is 111 Å². The quantitative estimate of drug-likeness (QED) is 0.820. The van der Waals surface area contributed by atoms with Gasteiger partial charge in [0.25, 0.3) is 0 Å². The normalized spacial score (nSPS) is 34.4. The Hall–Kier alpha value is 0.270. The van der Waals surface area contributed by atoms with Crippen LogP contribution in [0.15, 0.2) is 0 Å². The van der Waals surface area contributed by atoms with E-state index in [-0.39, 0.29) is 0 Å². The van der Waals surface area contributed by atoms with Crippen LogP contribution < -0.4 is 5.73 Å². The molecule has 2 nitrogen and oxygen atoms in total. The molecule has 1 heterocycles. The van der Waals surface area contributed by atoms with Gasteiger partial charge in [-0.05, 0) is 62.1 Å². The lowest BCUT2D eigenvalue weighted by Crippen LogP contribution is -2.43. The molecule has 0 aromatic heterocycles. The topological polar surface area (TPSA) is 29.3 Å². The van der Waals surface area contributed by atoms with Gasteiger partial charge in [-0.3, -0.25) is 0 Å². The van der Waals surface area contributed by atoms with E-state index in [0.29, 0.717) is 0 Å². The maximum Gasteiger partial charge on any atom is 0.0136 e. The van der Waals surface area contributed by atoms with Crippen molar-refractivity contribution < 1.29 is 0 Å². The van der Waals surface area contributed by atoms with Crippen molar-refractivity contribution in [2.75, 3.05) is 31.1 Å². The summed E-state index contributed by atoms with van der Waals surface area (Å²) in [6, 6.07) is 0.789. The third-order valence-corrected chi connectivity index (χ3v) is 5.83. The van der Waals surface area contributed by atoms with Crippen LogP contribution in [-0.2, 0) is 0 Å². The van der Waals surface area contributed by atoms with Crippen LogP contribution in [0.5, 0.6) is 0 Å². The highest BCUT2D eigenvalue weighted by atomic mass is 32.2. The van der Waals surface area contributed by atoms with E-state index in [4.69, 9.17) is 5.73 Å². The minimum absolute atomic E-state index is 0.770. The number of nitrogens with two attached hydrogens (primary N) is 1. The molecule has 17 heavy (non-hydrogen) atoms. The van der Waals surface area contributed by atoms with Crippen LogP contribution in [0.1, 0.15) is 39.0 Å². The molecule has 2 N–H and O–H groups in total. The van der Waals surface area contributed by atoms with Crippen molar-refractivity contribution in [3.8, 4) is 0 Å². The summed E-state index contributed by atoms with van der Waals surface area (Å²) >= 11 is 2.15. The molecule has 3 unspecified atom stereocenters. The van der Waals surface area contributed by atoms with E-state index in [1.165, 1.54) is 56.7 Å². The predicted octanol–water partition coefficient (Wildman–Crippen LogP) is 2.58. The van der Waals surface area contributed by atoms with Gasteiger partial charge in [0.2, 0.25) is 0 Å². The largest absolute Gasteiger partial charge is 0.330 e. The molecule has 100 valence electrons. The molecule has 2 fully saturated rings. The monoisotopic (exact) mass is 256 g/mol. The molecule has 1 aliphatic heterocycles. The Balaban J connectivity index is 1.86. The number of hydrogen-bond acceptors (Lipinski definition) is 3. The van der Waals surface area contributed by atoms with Gasteiger partial charge < -0.3 is 10.6 Å². The molecule has 3 heteroatoms. The Morgan fingerprint density at radius 2 is 2.12 bits per heavy atom. The minimum Gasteiger partial charge on any atom is -0.330 e. The Morgan fingerprint density at radius 1 is 1.24 bits per heavy atom. The maximum absolute atomic E-state index is 5.92. The zero-order valence-electron chi connectivity index (χ0n) is 11.2. The highest BCUT2D eigenvalue weighted by Gasteiger charge is 2.31. The van der Waals surface area contributed by atoms with Gasteiger partial charge in [-0.1, -0.05) is 13.3 Å². The van der Waals surface area contributed by atoms with Gasteiger partial charge in [0.15, 0.2) is 0 Å². The van der Waals surface area contributed by atoms with Crippen LogP contribution in [0.3, 0.4) is 0 Å². The summed E-state index contributed by atoms with van der Waals surface area (Å²) < 4.78 is 0.